The number of hydrogen-bond donors (Lipinski definition) is 1. The summed E-state index contributed by atoms with van der Waals surface area (Å²) in [7, 11) is 1.65. The lowest BCUT2D eigenvalue weighted by atomic mass is 9.73. The summed E-state index contributed by atoms with van der Waals surface area (Å²) in [4.78, 5) is 0. The van der Waals surface area contributed by atoms with E-state index in [4.69, 9.17) is 16.3 Å². The Balaban J connectivity index is 2.27. The van der Waals surface area contributed by atoms with Crippen molar-refractivity contribution >= 4 is 11.6 Å². The van der Waals surface area contributed by atoms with Crippen molar-refractivity contribution in [3.05, 3.63) is 34.9 Å². The molecule has 1 unspecified atom stereocenters. The molecule has 0 spiro atoms. The van der Waals surface area contributed by atoms with Crippen LogP contribution in [-0.4, -0.2) is 17.8 Å². The molecule has 0 bridgehead atoms. The van der Waals surface area contributed by atoms with Gasteiger partial charge in [-0.1, -0.05) is 29.8 Å². The first-order chi connectivity index (χ1) is 7.19. The predicted molar refractivity (Wildman–Crippen MR) is 60.0 cm³/mol. The minimum Gasteiger partial charge on any atom is -0.385 e. The van der Waals surface area contributed by atoms with E-state index in [0.29, 0.717) is 5.02 Å². The van der Waals surface area contributed by atoms with Gasteiger partial charge in [-0.15, -0.1) is 0 Å². The molecule has 1 saturated carbocycles. The number of rotatable bonds is 3. The molecule has 1 aliphatic rings. The summed E-state index contributed by atoms with van der Waals surface area (Å²) in [6, 6.07) is 7.39. The molecule has 0 heterocycles. The molecule has 1 aliphatic carbocycles. The van der Waals surface area contributed by atoms with E-state index in [0.717, 1.165) is 24.8 Å². The fraction of sp³-hybridized carbons (Fsp3) is 0.500. The van der Waals surface area contributed by atoms with E-state index >= 15 is 0 Å². The normalized spacial score (nSPS) is 20.7. The van der Waals surface area contributed by atoms with Crippen LogP contribution in [0, 0.1) is 0 Å². The van der Waals surface area contributed by atoms with Gasteiger partial charge < -0.3 is 9.84 Å². The second kappa shape index (κ2) is 4.12. The average molecular weight is 227 g/mol. The summed E-state index contributed by atoms with van der Waals surface area (Å²) >= 11 is 6.05. The number of ether oxygens (including phenoxy) is 1. The molecule has 82 valence electrons. The molecule has 3 heteroatoms. The van der Waals surface area contributed by atoms with Gasteiger partial charge in [-0.25, -0.2) is 0 Å². The molecule has 2 rings (SSSR count). The highest BCUT2D eigenvalue weighted by Gasteiger charge is 2.45. The standard InChI is InChI=1S/C12H15ClO2/c1-15-12(7-4-8-12)11(14)9-5-2-3-6-10(9)13/h2-3,5-6,11,14H,4,7-8H2,1H3. The minimum absolute atomic E-state index is 0.412. The Labute approximate surface area is 94.8 Å². The van der Waals surface area contributed by atoms with Crippen molar-refractivity contribution in [3.8, 4) is 0 Å². The van der Waals surface area contributed by atoms with Crippen LogP contribution >= 0.6 is 11.6 Å². The molecule has 1 aromatic carbocycles. The lowest BCUT2D eigenvalue weighted by molar-refractivity contribution is -0.151. The van der Waals surface area contributed by atoms with Gasteiger partial charge in [0.1, 0.15) is 6.10 Å². The summed E-state index contributed by atoms with van der Waals surface area (Å²) < 4.78 is 5.44. The maximum atomic E-state index is 10.3. The Morgan fingerprint density at radius 2 is 2.07 bits per heavy atom. The molecule has 1 aromatic rings. The smallest absolute Gasteiger partial charge is 0.109 e. The Bertz CT molecular complexity index is 342. The molecule has 0 radical (unpaired) electrons. The number of aliphatic hydroxyl groups excluding tert-OH is 1. The molecule has 2 nitrogen and oxygen atoms in total. The Morgan fingerprint density at radius 3 is 2.53 bits per heavy atom. The zero-order valence-corrected chi connectivity index (χ0v) is 9.50. The number of methoxy groups -OCH3 is 1. The van der Waals surface area contributed by atoms with Crippen LogP contribution in [0.2, 0.25) is 5.02 Å². The van der Waals surface area contributed by atoms with Crippen LogP contribution in [0.3, 0.4) is 0 Å². The summed E-state index contributed by atoms with van der Waals surface area (Å²) in [6.07, 6.45) is 2.28. The van der Waals surface area contributed by atoms with Gasteiger partial charge in [0.05, 0.1) is 5.60 Å². The van der Waals surface area contributed by atoms with Crippen LogP contribution < -0.4 is 0 Å². The molecule has 0 aromatic heterocycles. The van der Waals surface area contributed by atoms with Crippen LogP contribution in [0.25, 0.3) is 0 Å². The van der Waals surface area contributed by atoms with Gasteiger partial charge in [0.25, 0.3) is 0 Å². The molecule has 15 heavy (non-hydrogen) atoms. The van der Waals surface area contributed by atoms with E-state index in [2.05, 4.69) is 0 Å². The maximum Gasteiger partial charge on any atom is 0.109 e. The third kappa shape index (κ3) is 1.78. The van der Waals surface area contributed by atoms with Crippen LogP contribution in [0.5, 0.6) is 0 Å². The van der Waals surface area contributed by atoms with Gasteiger partial charge >= 0.3 is 0 Å². The lowest BCUT2D eigenvalue weighted by Gasteiger charge is -2.44. The monoisotopic (exact) mass is 226 g/mol. The van der Waals surface area contributed by atoms with E-state index in [1.54, 1.807) is 13.2 Å². The largest absolute Gasteiger partial charge is 0.385 e. The highest BCUT2D eigenvalue weighted by atomic mass is 35.5. The molecule has 0 aliphatic heterocycles. The van der Waals surface area contributed by atoms with Gasteiger partial charge in [0.2, 0.25) is 0 Å². The predicted octanol–water partition coefficient (Wildman–Crippen LogP) is 2.94. The molecular weight excluding hydrogens is 212 g/mol. The highest BCUT2D eigenvalue weighted by Crippen LogP contribution is 2.46. The highest BCUT2D eigenvalue weighted by molar-refractivity contribution is 6.31. The molecule has 1 N–H and O–H groups in total. The molecule has 0 saturated heterocycles. The number of halogens is 1. The Kier molecular flexibility index (Phi) is 3.01. The lowest BCUT2D eigenvalue weighted by Crippen LogP contribution is -2.45. The third-order valence-corrected chi connectivity index (χ3v) is 3.65. The van der Waals surface area contributed by atoms with Crippen LogP contribution in [0.4, 0.5) is 0 Å². The first kappa shape index (κ1) is 10.9. The quantitative estimate of drug-likeness (QED) is 0.859. The van der Waals surface area contributed by atoms with E-state index < -0.39 is 11.7 Å². The van der Waals surface area contributed by atoms with Crippen molar-refractivity contribution in [2.45, 2.75) is 31.0 Å². The summed E-state index contributed by atoms with van der Waals surface area (Å²) in [5.74, 6) is 0. The second-order valence-electron chi connectivity index (χ2n) is 4.05. The van der Waals surface area contributed by atoms with Crippen molar-refractivity contribution in [1.82, 2.24) is 0 Å². The van der Waals surface area contributed by atoms with Gasteiger partial charge in [0.15, 0.2) is 0 Å². The first-order valence-electron chi connectivity index (χ1n) is 5.17. The van der Waals surface area contributed by atoms with Gasteiger partial charge in [-0.05, 0) is 25.3 Å². The van der Waals surface area contributed by atoms with Gasteiger partial charge in [-0.2, -0.15) is 0 Å². The third-order valence-electron chi connectivity index (χ3n) is 3.30. The zero-order chi connectivity index (χ0) is 10.9. The van der Waals surface area contributed by atoms with E-state index in [-0.39, 0.29) is 0 Å². The van der Waals surface area contributed by atoms with Crippen molar-refractivity contribution in [2.24, 2.45) is 0 Å². The number of benzene rings is 1. The Hall–Kier alpha value is -0.570. The van der Waals surface area contributed by atoms with Crippen molar-refractivity contribution in [2.75, 3.05) is 7.11 Å². The van der Waals surface area contributed by atoms with Crippen molar-refractivity contribution in [1.29, 1.82) is 0 Å². The van der Waals surface area contributed by atoms with Gasteiger partial charge in [0, 0.05) is 17.7 Å². The van der Waals surface area contributed by atoms with E-state index in [9.17, 15) is 5.11 Å². The van der Waals surface area contributed by atoms with Crippen molar-refractivity contribution < 1.29 is 9.84 Å². The first-order valence-corrected chi connectivity index (χ1v) is 5.55. The fourth-order valence-corrected chi connectivity index (χ4v) is 2.33. The van der Waals surface area contributed by atoms with Crippen LogP contribution in [-0.2, 0) is 4.74 Å². The SMILES string of the molecule is COC1(C(O)c2ccccc2Cl)CCC1. The molecule has 0 amide bonds. The summed E-state index contributed by atoms with van der Waals surface area (Å²) in [6.45, 7) is 0. The number of hydrogen-bond acceptors (Lipinski definition) is 2. The summed E-state index contributed by atoms with van der Waals surface area (Å²) in [5.41, 5.74) is 0.353. The van der Waals surface area contributed by atoms with Crippen molar-refractivity contribution in [3.63, 3.8) is 0 Å². The Morgan fingerprint density at radius 1 is 1.40 bits per heavy atom. The van der Waals surface area contributed by atoms with Crippen LogP contribution in [0.15, 0.2) is 24.3 Å². The maximum absolute atomic E-state index is 10.3. The second-order valence-corrected chi connectivity index (χ2v) is 4.45. The molecule has 1 atom stereocenters. The van der Waals surface area contributed by atoms with Crippen LogP contribution in [0.1, 0.15) is 30.9 Å². The topological polar surface area (TPSA) is 29.5 Å². The molecular formula is C12H15ClO2. The van der Waals surface area contributed by atoms with E-state index in [1.165, 1.54) is 0 Å². The minimum atomic E-state index is -0.620. The average Bonchev–Trinajstić information content (AvgIpc) is 2.17. The summed E-state index contributed by atoms with van der Waals surface area (Å²) in [5, 5.41) is 10.9. The zero-order valence-electron chi connectivity index (χ0n) is 8.74. The molecule has 1 fully saturated rings. The van der Waals surface area contributed by atoms with Gasteiger partial charge in [-0.3, -0.25) is 0 Å². The number of aliphatic hydroxyl groups is 1. The fourth-order valence-electron chi connectivity index (χ4n) is 2.09. The van der Waals surface area contributed by atoms with E-state index in [1.807, 2.05) is 18.2 Å².